The van der Waals surface area contributed by atoms with E-state index >= 15 is 0 Å². The zero-order valence-electron chi connectivity index (χ0n) is 15.2. The highest BCUT2D eigenvalue weighted by Gasteiger charge is 2.22. The first-order chi connectivity index (χ1) is 12.3. The average Bonchev–Trinajstić information content (AvgIpc) is 3.07. The summed E-state index contributed by atoms with van der Waals surface area (Å²) in [6.07, 6.45) is 1.95. The number of methoxy groups -OCH3 is 1. The SMILES string of the molecule is CN=C(NCCc1ccccc1OC)NCC1Cc2ccccc2O1.I. The summed E-state index contributed by atoms with van der Waals surface area (Å²) < 4.78 is 11.3. The second-order valence-electron chi connectivity index (χ2n) is 5.99. The molecule has 0 bridgehead atoms. The van der Waals surface area contributed by atoms with Gasteiger partial charge in [-0.2, -0.15) is 0 Å². The number of aliphatic imine (C=N–C) groups is 1. The third kappa shape index (κ3) is 5.27. The maximum absolute atomic E-state index is 5.94. The molecule has 1 atom stereocenters. The Bertz CT molecular complexity index is 712. The standard InChI is InChI=1S/C20H25N3O2.HI/c1-21-20(22-12-11-15-7-3-5-9-18(15)24-2)23-14-17-13-16-8-4-6-10-19(16)25-17;/h3-10,17H,11-14H2,1-2H3,(H2,21,22,23);1H. The van der Waals surface area contributed by atoms with Crippen molar-refractivity contribution < 1.29 is 9.47 Å². The smallest absolute Gasteiger partial charge is 0.191 e. The van der Waals surface area contributed by atoms with Gasteiger partial charge in [-0.3, -0.25) is 4.99 Å². The van der Waals surface area contributed by atoms with Crippen molar-refractivity contribution in [1.82, 2.24) is 10.6 Å². The number of guanidine groups is 1. The summed E-state index contributed by atoms with van der Waals surface area (Å²) in [6, 6.07) is 16.3. The van der Waals surface area contributed by atoms with Gasteiger partial charge in [0.05, 0.1) is 13.7 Å². The van der Waals surface area contributed by atoms with Crippen molar-refractivity contribution in [2.75, 3.05) is 27.2 Å². The molecule has 2 N–H and O–H groups in total. The normalized spacial score (nSPS) is 15.5. The third-order valence-corrected chi connectivity index (χ3v) is 4.31. The van der Waals surface area contributed by atoms with E-state index in [1.807, 2.05) is 30.3 Å². The Morgan fingerprint density at radius 3 is 2.69 bits per heavy atom. The number of hydrogen-bond acceptors (Lipinski definition) is 3. The van der Waals surface area contributed by atoms with Gasteiger partial charge in [-0.25, -0.2) is 0 Å². The van der Waals surface area contributed by atoms with Crippen LogP contribution in [0, 0.1) is 0 Å². The number of nitrogens with zero attached hydrogens (tertiary/aromatic N) is 1. The molecule has 2 aromatic rings. The minimum atomic E-state index is 0. The van der Waals surface area contributed by atoms with Gasteiger partial charge in [0, 0.05) is 20.0 Å². The molecule has 0 spiro atoms. The van der Waals surface area contributed by atoms with Gasteiger partial charge in [0.15, 0.2) is 5.96 Å². The van der Waals surface area contributed by atoms with Gasteiger partial charge in [0.25, 0.3) is 0 Å². The van der Waals surface area contributed by atoms with Crippen molar-refractivity contribution in [1.29, 1.82) is 0 Å². The summed E-state index contributed by atoms with van der Waals surface area (Å²) >= 11 is 0. The molecule has 1 aliphatic rings. The van der Waals surface area contributed by atoms with Crippen molar-refractivity contribution in [3.8, 4) is 11.5 Å². The van der Waals surface area contributed by atoms with E-state index in [1.165, 1.54) is 11.1 Å². The van der Waals surface area contributed by atoms with Crippen LogP contribution in [0.5, 0.6) is 11.5 Å². The molecular formula is C20H26IN3O2. The van der Waals surface area contributed by atoms with Gasteiger partial charge >= 0.3 is 0 Å². The van der Waals surface area contributed by atoms with E-state index in [9.17, 15) is 0 Å². The molecule has 26 heavy (non-hydrogen) atoms. The quantitative estimate of drug-likeness (QED) is 0.390. The van der Waals surface area contributed by atoms with Crippen LogP contribution in [-0.2, 0) is 12.8 Å². The molecule has 140 valence electrons. The molecule has 0 radical (unpaired) electrons. The van der Waals surface area contributed by atoms with Crippen LogP contribution in [0.2, 0.25) is 0 Å². The molecule has 5 nitrogen and oxygen atoms in total. The van der Waals surface area contributed by atoms with Gasteiger partial charge < -0.3 is 20.1 Å². The van der Waals surface area contributed by atoms with Crippen LogP contribution in [-0.4, -0.2) is 39.3 Å². The first-order valence-corrected chi connectivity index (χ1v) is 8.61. The molecule has 1 unspecified atom stereocenters. The largest absolute Gasteiger partial charge is 0.496 e. The van der Waals surface area contributed by atoms with E-state index in [-0.39, 0.29) is 30.1 Å². The fraction of sp³-hybridized carbons (Fsp3) is 0.350. The number of halogens is 1. The van der Waals surface area contributed by atoms with Crippen LogP contribution >= 0.6 is 24.0 Å². The zero-order chi connectivity index (χ0) is 17.5. The van der Waals surface area contributed by atoms with Crippen LogP contribution in [0.1, 0.15) is 11.1 Å². The fourth-order valence-corrected chi connectivity index (χ4v) is 3.02. The maximum Gasteiger partial charge on any atom is 0.191 e. The van der Waals surface area contributed by atoms with E-state index in [0.717, 1.165) is 43.4 Å². The predicted molar refractivity (Wildman–Crippen MR) is 116 cm³/mol. The Balaban J connectivity index is 0.00000243. The molecule has 0 saturated heterocycles. The van der Waals surface area contributed by atoms with Crippen molar-refractivity contribution in [3.05, 3.63) is 59.7 Å². The third-order valence-electron chi connectivity index (χ3n) is 4.31. The molecule has 0 aliphatic carbocycles. The number of benzene rings is 2. The molecule has 0 fully saturated rings. The molecule has 3 rings (SSSR count). The Morgan fingerprint density at radius 2 is 1.92 bits per heavy atom. The van der Waals surface area contributed by atoms with Gasteiger partial charge in [0.1, 0.15) is 17.6 Å². The van der Waals surface area contributed by atoms with Crippen molar-refractivity contribution in [2.45, 2.75) is 18.9 Å². The number of rotatable bonds is 6. The second kappa shape index (κ2) is 10.3. The number of hydrogen-bond donors (Lipinski definition) is 2. The molecule has 1 heterocycles. The number of ether oxygens (including phenoxy) is 2. The molecule has 1 aliphatic heterocycles. The summed E-state index contributed by atoms with van der Waals surface area (Å²) in [4.78, 5) is 4.28. The van der Waals surface area contributed by atoms with Crippen LogP contribution in [0.3, 0.4) is 0 Å². The lowest BCUT2D eigenvalue weighted by molar-refractivity contribution is 0.235. The van der Waals surface area contributed by atoms with Crippen molar-refractivity contribution >= 4 is 29.9 Å². The zero-order valence-corrected chi connectivity index (χ0v) is 17.5. The van der Waals surface area contributed by atoms with Gasteiger partial charge in [-0.1, -0.05) is 36.4 Å². The fourth-order valence-electron chi connectivity index (χ4n) is 3.02. The van der Waals surface area contributed by atoms with Crippen molar-refractivity contribution in [3.63, 3.8) is 0 Å². The lowest BCUT2D eigenvalue weighted by Gasteiger charge is -2.16. The summed E-state index contributed by atoms with van der Waals surface area (Å²) in [5.41, 5.74) is 2.45. The van der Waals surface area contributed by atoms with E-state index in [4.69, 9.17) is 9.47 Å². The monoisotopic (exact) mass is 467 g/mol. The summed E-state index contributed by atoms with van der Waals surface area (Å²) in [5.74, 6) is 2.70. The van der Waals surface area contributed by atoms with Gasteiger partial charge in [0.2, 0.25) is 0 Å². The van der Waals surface area contributed by atoms with Crippen LogP contribution in [0.4, 0.5) is 0 Å². The van der Waals surface area contributed by atoms with Gasteiger partial charge in [-0.15, -0.1) is 24.0 Å². The van der Waals surface area contributed by atoms with Crippen LogP contribution < -0.4 is 20.1 Å². The van der Waals surface area contributed by atoms with E-state index < -0.39 is 0 Å². The lowest BCUT2D eigenvalue weighted by atomic mass is 10.1. The molecule has 0 aromatic heterocycles. The lowest BCUT2D eigenvalue weighted by Crippen LogP contribution is -2.42. The second-order valence-corrected chi connectivity index (χ2v) is 5.99. The summed E-state index contributed by atoms with van der Waals surface area (Å²) in [6.45, 7) is 1.51. The van der Waals surface area contributed by atoms with E-state index in [0.29, 0.717) is 0 Å². The molecule has 6 heteroatoms. The molecule has 0 amide bonds. The van der Waals surface area contributed by atoms with E-state index in [2.05, 4.69) is 33.8 Å². The average molecular weight is 467 g/mol. The highest BCUT2D eigenvalue weighted by Crippen LogP contribution is 2.27. The minimum Gasteiger partial charge on any atom is -0.496 e. The van der Waals surface area contributed by atoms with Crippen molar-refractivity contribution in [2.24, 2.45) is 4.99 Å². The first kappa shape index (κ1) is 20.4. The minimum absolute atomic E-state index is 0. The summed E-state index contributed by atoms with van der Waals surface area (Å²) in [5, 5.41) is 6.69. The highest BCUT2D eigenvalue weighted by atomic mass is 127. The number of para-hydroxylation sites is 2. The maximum atomic E-state index is 5.94. The summed E-state index contributed by atoms with van der Waals surface area (Å²) in [7, 11) is 3.48. The molecular weight excluding hydrogens is 441 g/mol. The van der Waals surface area contributed by atoms with Crippen LogP contribution in [0.15, 0.2) is 53.5 Å². The molecule has 0 saturated carbocycles. The van der Waals surface area contributed by atoms with E-state index in [1.54, 1.807) is 14.2 Å². The molecule has 2 aromatic carbocycles. The highest BCUT2D eigenvalue weighted by molar-refractivity contribution is 14.0. The Labute approximate surface area is 172 Å². The van der Waals surface area contributed by atoms with Crippen LogP contribution in [0.25, 0.3) is 0 Å². The Kier molecular flexibility index (Phi) is 8.03. The number of nitrogens with one attached hydrogen (secondary N) is 2. The number of fused-ring (bicyclic) bond motifs is 1. The topological polar surface area (TPSA) is 54.9 Å². The Morgan fingerprint density at radius 1 is 1.15 bits per heavy atom. The van der Waals surface area contributed by atoms with Gasteiger partial charge in [-0.05, 0) is 29.7 Å². The first-order valence-electron chi connectivity index (χ1n) is 8.61. The Hall–Kier alpha value is -1.96. The predicted octanol–water partition coefficient (Wildman–Crippen LogP) is 3.02.